The van der Waals surface area contributed by atoms with Gasteiger partial charge in [0.15, 0.2) is 0 Å². The summed E-state index contributed by atoms with van der Waals surface area (Å²) in [6, 6.07) is 14.2. The fraction of sp³-hybridized carbons (Fsp3) is 0.364. The Bertz CT molecular complexity index is 960. The maximum atomic E-state index is 12.7. The SMILES string of the molecule is O=C(NC1CCCNC12CC2)c1ccc(SCc2cn3ccccc3n2)cc1. The van der Waals surface area contributed by atoms with Gasteiger partial charge in [0.05, 0.1) is 5.69 Å². The minimum atomic E-state index is 0.0388. The number of aromatic nitrogens is 2. The Morgan fingerprint density at radius 1 is 1.25 bits per heavy atom. The first kappa shape index (κ1) is 17.8. The molecule has 6 heteroatoms. The number of carbonyl (C=O) groups is 1. The van der Waals surface area contributed by atoms with Crippen molar-refractivity contribution in [3.63, 3.8) is 0 Å². The number of pyridine rings is 1. The smallest absolute Gasteiger partial charge is 0.251 e. The van der Waals surface area contributed by atoms with Gasteiger partial charge in [-0.05, 0) is 68.6 Å². The number of piperidine rings is 1. The molecule has 1 spiro atoms. The van der Waals surface area contributed by atoms with E-state index in [1.54, 1.807) is 11.8 Å². The Balaban J connectivity index is 1.20. The number of amides is 1. The Morgan fingerprint density at radius 3 is 2.89 bits per heavy atom. The predicted molar refractivity (Wildman–Crippen MR) is 112 cm³/mol. The largest absolute Gasteiger partial charge is 0.347 e. The molecule has 1 atom stereocenters. The number of benzene rings is 1. The first-order valence-electron chi connectivity index (χ1n) is 9.93. The van der Waals surface area contributed by atoms with Crippen molar-refractivity contribution in [3.05, 3.63) is 66.1 Å². The Labute approximate surface area is 168 Å². The summed E-state index contributed by atoms with van der Waals surface area (Å²) >= 11 is 1.74. The zero-order chi connectivity index (χ0) is 19.0. The quantitative estimate of drug-likeness (QED) is 0.651. The standard InChI is InChI=1S/C22H24N4OS/c27-21(25-19-4-3-12-23-22(19)10-11-22)16-6-8-18(9-7-16)28-15-17-14-26-13-2-1-5-20(26)24-17/h1-2,5-9,13-14,19,23H,3-4,10-12,15H2,(H,25,27). The van der Waals surface area contributed by atoms with Crippen LogP contribution in [0.5, 0.6) is 0 Å². The molecule has 3 heterocycles. The third-order valence-corrected chi connectivity index (χ3v) is 6.87. The number of nitrogens with zero attached hydrogens (tertiary/aromatic N) is 2. The van der Waals surface area contributed by atoms with Crippen LogP contribution in [0.3, 0.4) is 0 Å². The molecule has 5 nitrogen and oxygen atoms in total. The number of imidazole rings is 1. The van der Waals surface area contributed by atoms with Crippen molar-refractivity contribution >= 4 is 23.3 Å². The highest BCUT2D eigenvalue weighted by molar-refractivity contribution is 7.98. The molecule has 5 rings (SSSR count). The van der Waals surface area contributed by atoms with Crippen molar-refractivity contribution in [2.24, 2.45) is 0 Å². The molecule has 2 N–H and O–H groups in total. The molecule has 1 aliphatic carbocycles. The van der Waals surface area contributed by atoms with E-state index < -0.39 is 0 Å². The molecule has 2 aliphatic rings. The summed E-state index contributed by atoms with van der Waals surface area (Å²) in [5.74, 6) is 0.848. The van der Waals surface area contributed by atoms with Crippen LogP contribution in [0.4, 0.5) is 0 Å². The molecule has 1 aromatic carbocycles. The third-order valence-electron chi connectivity index (χ3n) is 5.82. The van der Waals surface area contributed by atoms with Crippen LogP contribution in [-0.2, 0) is 5.75 Å². The summed E-state index contributed by atoms with van der Waals surface area (Å²) in [5, 5.41) is 6.86. The average Bonchev–Trinajstić information content (AvgIpc) is 3.37. The molecule has 1 amide bonds. The van der Waals surface area contributed by atoms with E-state index in [-0.39, 0.29) is 17.5 Å². The van der Waals surface area contributed by atoms with E-state index in [9.17, 15) is 4.79 Å². The van der Waals surface area contributed by atoms with Gasteiger partial charge in [-0.2, -0.15) is 0 Å². The number of hydrogen-bond acceptors (Lipinski definition) is 4. The third kappa shape index (κ3) is 3.54. The van der Waals surface area contributed by atoms with Crippen molar-refractivity contribution in [2.45, 2.75) is 47.9 Å². The lowest BCUT2D eigenvalue weighted by Crippen LogP contribution is -2.55. The van der Waals surface area contributed by atoms with Crippen LogP contribution < -0.4 is 10.6 Å². The second-order valence-electron chi connectivity index (χ2n) is 7.76. The molecule has 1 unspecified atom stereocenters. The number of rotatable bonds is 5. The highest BCUT2D eigenvalue weighted by Crippen LogP contribution is 2.42. The Morgan fingerprint density at radius 2 is 2.11 bits per heavy atom. The van der Waals surface area contributed by atoms with Gasteiger partial charge in [-0.15, -0.1) is 11.8 Å². The summed E-state index contributed by atoms with van der Waals surface area (Å²) < 4.78 is 2.04. The Kier molecular flexibility index (Phi) is 4.61. The monoisotopic (exact) mass is 392 g/mol. The van der Waals surface area contributed by atoms with Gasteiger partial charge in [-0.1, -0.05) is 6.07 Å². The fourth-order valence-electron chi connectivity index (χ4n) is 4.07. The normalized spacial score (nSPS) is 20.4. The second-order valence-corrected chi connectivity index (χ2v) is 8.81. The van der Waals surface area contributed by atoms with Crippen molar-refractivity contribution in [3.8, 4) is 0 Å². The van der Waals surface area contributed by atoms with Crippen LogP contribution in [0.25, 0.3) is 5.65 Å². The topological polar surface area (TPSA) is 58.4 Å². The van der Waals surface area contributed by atoms with E-state index in [4.69, 9.17) is 0 Å². The summed E-state index contributed by atoms with van der Waals surface area (Å²) in [4.78, 5) is 18.4. The number of fused-ring (bicyclic) bond motifs is 1. The molecule has 144 valence electrons. The number of nitrogens with one attached hydrogen (secondary N) is 2. The highest BCUT2D eigenvalue weighted by atomic mass is 32.2. The van der Waals surface area contributed by atoms with Crippen LogP contribution in [0, 0.1) is 0 Å². The van der Waals surface area contributed by atoms with Crippen LogP contribution in [0.2, 0.25) is 0 Å². The highest BCUT2D eigenvalue weighted by Gasteiger charge is 2.50. The van der Waals surface area contributed by atoms with Crippen molar-refractivity contribution in [1.82, 2.24) is 20.0 Å². The maximum absolute atomic E-state index is 12.7. The molecule has 1 aliphatic heterocycles. The molecular formula is C22H24N4OS. The predicted octanol–water partition coefficient (Wildman–Crippen LogP) is 3.64. The summed E-state index contributed by atoms with van der Waals surface area (Å²) in [5.41, 5.74) is 2.93. The van der Waals surface area contributed by atoms with E-state index >= 15 is 0 Å². The van der Waals surface area contributed by atoms with Crippen molar-refractivity contribution in [2.75, 3.05) is 6.54 Å². The van der Waals surface area contributed by atoms with Gasteiger partial charge in [-0.25, -0.2) is 4.98 Å². The summed E-state index contributed by atoms with van der Waals surface area (Å²) in [6.45, 7) is 1.07. The average molecular weight is 393 g/mol. The van der Waals surface area contributed by atoms with Crippen LogP contribution in [-0.4, -0.2) is 33.4 Å². The molecule has 3 aromatic rings. The molecule has 0 bridgehead atoms. The van der Waals surface area contributed by atoms with Gasteiger partial charge in [0.25, 0.3) is 5.91 Å². The minimum Gasteiger partial charge on any atom is -0.347 e. The van der Waals surface area contributed by atoms with E-state index in [2.05, 4.69) is 21.8 Å². The zero-order valence-corrected chi connectivity index (χ0v) is 16.5. The molecular weight excluding hydrogens is 368 g/mol. The molecule has 1 saturated heterocycles. The molecule has 0 radical (unpaired) electrons. The van der Waals surface area contributed by atoms with E-state index in [0.29, 0.717) is 0 Å². The maximum Gasteiger partial charge on any atom is 0.251 e. The second kappa shape index (κ2) is 7.26. The van der Waals surface area contributed by atoms with Gasteiger partial charge < -0.3 is 15.0 Å². The van der Waals surface area contributed by atoms with Crippen LogP contribution in [0.1, 0.15) is 41.7 Å². The number of thioether (sulfide) groups is 1. The van der Waals surface area contributed by atoms with Crippen molar-refractivity contribution < 1.29 is 4.79 Å². The van der Waals surface area contributed by atoms with E-state index in [0.717, 1.165) is 46.9 Å². The van der Waals surface area contributed by atoms with Gasteiger partial charge >= 0.3 is 0 Å². The van der Waals surface area contributed by atoms with Gasteiger partial charge in [-0.3, -0.25) is 4.79 Å². The molecule has 1 saturated carbocycles. The minimum absolute atomic E-state index is 0.0388. The lowest BCUT2D eigenvalue weighted by atomic mass is 9.95. The van der Waals surface area contributed by atoms with E-state index in [1.807, 2.05) is 53.1 Å². The van der Waals surface area contributed by atoms with Crippen LogP contribution in [0.15, 0.2) is 59.8 Å². The number of carbonyl (C=O) groups excluding carboxylic acids is 1. The lowest BCUT2D eigenvalue weighted by molar-refractivity contribution is 0.0912. The van der Waals surface area contributed by atoms with E-state index in [1.165, 1.54) is 12.8 Å². The Hall–Kier alpha value is -2.31. The van der Waals surface area contributed by atoms with Crippen LogP contribution >= 0.6 is 11.8 Å². The number of hydrogen-bond donors (Lipinski definition) is 2. The molecule has 2 fully saturated rings. The van der Waals surface area contributed by atoms with Gasteiger partial charge in [0.2, 0.25) is 0 Å². The molecule has 28 heavy (non-hydrogen) atoms. The fourth-order valence-corrected chi connectivity index (χ4v) is 4.85. The van der Waals surface area contributed by atoms with Gasteiger partial charge in [0.1, 0.15) is 5.65 Å². The first-order chi connectivity index (χ1) is 13.7. The summed E-state index contributed by atoms with van der Waals surface area (Å²) in [6.07, 6.45) is 8.64. The zero-order valence-electron chi connectivity index (χ0n) is 15.7. The van der Waals surface area contributed by atoms with Crippen molar-refractivity contribution in [1.29, 1.82) is 0 Å². The molecule has 2 aromatic heterocycles. The summed E-state index contributed by atoms with van der Waals surface area (Å²) in [7, 11) is 0. The first-order valence-corrected chi connectivity index (χ1v) is 10.9. The lowest BCUT2D eigenvalue weighted by Gasteiger charge is -2.33. The van der Waals surface area contributed by atoms with Gasteiger partial charge in [0, 0.05) is 40.2 Å².